The van der Waals surface area contributed by atoms with Gasteiger partial charge in [-0.3, -0.25) is 9.59 Å². The van der Waals surface area contributed by atoms with E-state index in [0.29, 0.717) is 27.7 Å². The molecule has 0 fully saturated rings. The highest BCUT2D eigenvalue weighted by Gasteiger charge is 2.16. The summed E-state index contributed by atoms with van der Waals surface area (Å²) in [6.07, 6.45) is 0. The smallest absolute Gasteiger partial charge is 0.263 e. The van der Waals surface area contributed by atoms with Gasteiger partial charge in [0.1, 0.15) is 9.88 Å². The van der Waals surface area contributed by atoms with Crippen molar-refractivity contribution in [1.82, 2.24) is 10.3 Å². The number of nitrogens with zero attached hydrogens (tertiary/aromatic N) is 1. The standard InChI is InChI=1S/C19H16ClN3O2S/c1-11-16(26-19(23-11)14-3-2-4-15(20)9-14)18(25)22-10-12-5-7-13(8-6-12)17(21)24/h2-9H,10H2,1H3,(H2,21,24)(H,22,25). The molecule has 0 atom stereocenters. The van der Waals surface area contributed by atoms with E-state index in [1.807, 2.05) is 18.2 Å². The third kappa shape index (κ3) is 4.09. The van der Waals surface area contributed by atoms with Crippen molar-refractivity contribution in [2.24, 2.45) is 5.73 Å². The number of carbonyl (C=O) groups excluding carboxylic acids is 2. The Morgan fingerprint density at radius 2 is 1.92 bits per heavy atom. The largest absolute Gasteiger partial charge is 0.366 e. The van der Waals surface area contributed by atoms with Crippen LogP contribution >= 0.6 is 22.9 Å². The highest BCUT2D eigenvalue weighted by Crippen LogP contribution is 2.29. The van der Waals surface area contributed by atoms with Crippen LogP contribution < -0.4 is 11.1 Å². The molecule has 5 nitrogen and oxygen atoms in total. The molecule has 3 rings (SSSR count). The van der Waals surface area contributed by atoms with Crippen LogP contribution in [-0.4, -0.2) is 16.8 Å². The van der Waals surface area contributed by atoms with E-state index in [0.717, 1.165) is 16.1 Å². The predicted molar refractivity (Wildman–Crippen MR) is 103 cm³/mol. The molecule has 0 aliphatic heterocycles. The number of nitrogens with two attached hydrogens (primary N) is 1. The van der Waals surface area contributed by atoms with Gasteiger partial charge in [0.25, 0.3) is 5.91 Å². The molecule has 0 aliphatic carbocycles. The number of nitrogens with one attached hydrogen (secondary N) is 1. The number of hydrogen-bond donors (Lipinski definition) is 2. The normalized spacial score (nSPS) is 10.5. The van der Waals surface area contributed by atoms with Gasteiger partial charge in [-0.05, 0) is 36.8 Å². The lowest BCUT2D eigenvalue weighted by Crippen LogP contribution is -2.22. The third-order valence-electron chi connectivity index (χ3n) is 3.77. The summed E-state index contributed by atoms with van der Waals surface area (Å²) in [6.45, 7) is 2.16. The van der Waals surface area contributed by atoms with E-state index in [2.05, 4.69) is 10.3 Å². The van der Waals surface area contributed by atoms with Crippen LogP contribution in [0.1, 0.15) is 31.3 Å². The molecule has 0 bridgehead atoms. The third-order valence-corrected chi connectivity index (χ3v) is 5.21. The maximum absolute atomic E-state index is 12.5. The molecule has 0 radical (unpaired) electrons. The Hall–Kier alpha value is -2.70. The number of aryl methyl sites for hydroxylation is 1. The molecule has 0 aliphatic rings. The lowest BCUT2D eigenvalue weighted by Gasteiger charge is -2.05. The Kier molecular flexibility index (Phi) is 5.35. The summed E-state index contributed by atoms with van der Waals surface area (Å²) in [5.74, 6) is -0.665. The maximum atomic E-state index is 12.5. The Morgan fingerprint density at radius 1 is 1.19 bits per heavy atom. The molecule has 2 amide bonds. The van der Waals surface area contributed by atoms with E-state index in [4.69, 9.17) is 17.3 Å². The Morgan fingerprint density at radius 3 is 2.58 bits per heavy atom. The van der Waals surface area contributed by atoms with Crippen LogP contribution in [0.5, 0.6) is 0 Å². The minimum Gasteiger partial charge on any atom is -0.366 e. The summed E-state index contributed by atoms with van der Waals surface area (Å²) in [7, 11) is 0. The minimum atomic E-state index is -0.477. The molecule has 1 aromatic heterocycles. The molecular formula is C19H16ClN3O2S. The van der Waals surface area contributed by atoms with Gasteiger partial charge in [-0.15, -0.1) is 11.3 Å². The molecule has 132 valence electrons. The maximum Gasteiger partial charge on any atom is 0.263 e. The van der Waals surface area contributed by atoms with Crippen LogP contribution in [0.2, 0.25) is 5.02 Å². The second-order valence-electron chi connectivity index (χ2n) is 5.69. The number of rotatable bonds is 5. The molecule has 0 spiro atoms. The number of aromatic nitrogens is 1. The zero-order chi connectivity index (χ0) is 18.7. The quantitative estimate of drug-likeness (QED) is 0.700. The number of halogens is 1. The van der Waals surface area contributed by atoms with Gasteiger partial charge in [-0.1, -0.05) is 35.9 Å². The first-order valence-corrected chi connectivity index (χ1v) is 9.04. The first-order valence-electron chi connectivity index (χ1n) is 7.84. The Balaban J connectivity index is 1.71. The molecule has 3 aromatic rings. The monoisotopic (exact) mass is 385 g/mol. The van der Waals surface area contributed by atoms with Crippen LogP contribution in [0.15, 0.2) is 48.5 Å². The number of benzene rings is 2. The number of primary amides is 1. The van der Waals surface area contributed by atoms with Crippen LogP contribution in [0.4, 0.5) is 0 Å². The molecule has 2 aromatic carbocycles. The van der Waals surface area contributed by atoms with Gasteiger partial charge >= 0.3 is 0 Å². The second kappa shape index (κ2) is 7.68. The van der Waals surface area contributed by atoms with Gasteiger partial charge in [0.05, 0.1) is 5.69 Å². The fourth-order valence-corrected chi connectivity index (χ4v) is 3.57. The van der Waals surface area contributed by atoms with Crippen molar-refractivity contribution >= 4 is 34.8 Å². The van der Waals surface area contributed by atoms with Gasteiger partial charge in [-0.25, -0.2) is 4.98 Å². The summed E-state index contributed by atoms with van der Waals surface area (Å²) >= 11 is 7.35. The van der Waals surface area contributed by atoms with Gasteiger partial charge in [-0.2, -0.15) is 0 Å². The van der Waals surface area contributed by atoms with Crippen molar-refractivity contribution in [2.75, 3.05) is 0 Å². The average molecular weight is 386 g/mol. The van der Waals surface area contributed by atoms with Crippen LogP contribution in [-0.2, 0) is 6.54 Å². The number of amides is 2. The molecule has 7 heteroatoms. The topological polar surface area (TPSA) is 85.1 Å². The molecule has 3 N–H and O–H groups in total. The molecule has 0 unspecified atom stereocenters. The summed E-state index contributed by atoms with van der Waals surface area (Å²) < 4.78 is 0. The highest BCUT2D eigenvalue weighted by atomic mass is 35.5. The van der Waals surface area contributed by atoms with Crippen molar-refractivity contribution in [3.63, 3.8) is 0 Å². The van der Waals surface area contributed by atoms with E-state index < -0.39 is 5.91 Å². The Bertz CT molecular complexity index is 967. The lowest BCUT2D eigenvalue weighted by atomic mass is 10.1. The van der Waals surface area contributed by atoms with E-state index >= 15 is 0 Å². The zero-order valence-corrected chi connectivity index (χ0v) is 15.5. The fourth-order valence-electron chi connectivity index (χ4n) is 2.40. The summed E-state index contributed by atoms with van der Waals surface area (Å²) in [5, 5.41) is 4.25. The molecule has 26 heavy (non-hydrogen) atoms. The van der Waals surface area contributed by atoms with Crippen molar-refractivity contribution in [3.05, 3.63) is 75.3 Å². The van der Waals surface area contributed by atoms with Crippen molar-refractivity contribution in [1.29, 1.82) is 0 Å². The van der Waals surface area contributed by atoms with Crippen molar-refractivity contribution in [3.8, 4) is 10.6 Å². The van der Waals surface area contributed by atoms with Crippen molar-refractivity contribution < 1.29 is 9.59 Å². The van der Waals surface area contributed by atoms with Gasteiger partial charge in [0, 0.05) is 22.7 Å². The molecule has 0 saturated heterocycles. The van der Waals surface area contributed by atoms with E-state index in [-0.39, 0.29) is 5.91 Å². The second-order valence-corrected chi connectivity index (χ2v) is 7.12. The molecular weight excluding hydrogens is 370 g/mol. The molecule has 0 saturated carbocycles. The number of carbonyl (C=O) groups is 2. The van der Waals surface area contributed by atoms with Crippen LogP contribution in [0, 0.1) is 6.92 Å². The van der Waals surface area contributed by atoms with E-state index in [1.165, 1.54) is 11.3 Å². The van der Waals surface area contributed by atoms with E-state index in [1.54, 1.807) is 37.3 Å². The SMILES string of the molecule is Cc1nc(-c2cccc(Cl)c2)sc1C(=O)NCc1ccc(C(N)=O)cc1. The highest BCUT2D eigenvalue weighted by molar-refractivity contribution is 7.17. The fraction of sp³-hybridized carbons (Fsp3) is 0.105. The minimum absolute atomic E-state index is 0.188. The lowest BCUT2D eigenvalue weighted by molar-refractivity contribution is 0.0952. The number of hydrogen-bond acceptors (Lipinski definition) is 4. The number of thiazole rings is 1. The summed E-state index contributed by atoms with van der Waals surface area (Å²) in [4.78, 5) is 28.6. The first kappa shape index (κ1) is 18.1. The first-order chi connectivity index (χ1) is 12.4. The summed E-state index contributed by atoms with van der Waals surface area (Å²) in [6, 6.07) is 14.2. The predicted octanol–water partition coefficient (Wildman–Crippen LogP) is 3.80. The van der Waals surface area contributed by atoms with Crippen LogP contribution in [0.25, 0.3) is 10.6 Å². The van der Waals surface area contributed by atoms with Gasteiger partial charge in [0.15, 0.2) is 0 Å². The van der Waals surface area contributed by atoms with Crippen LogP contribution in [0.3, 0.4) is 0 Å². The van der Waals surface area contributed by atoms with Gasteiger partial charge < -0.3 is 11.1 Å². The van der Waals surface area contributed by atoms with Crippen molar-refractivity contribution in [2.45, 2.75) is 13.5 Å². The average Bonchev–Trinajstić information content (AvgIpc) is 3.02. The van der Waals surface area contributed by atoms with Gasteiger partial charge in [0.2, 0.25) is 5.91 Å². The van der Waals surface area contributed by atoms with E-state index in [9.17, 15) is 9.59 Å². The Labute approximate surface area is 159 Å². The summed E-state index contributed by atoms with van der Waals surface area (Å²) in [5.41, 5.74) is 8.08. The zero-order valence-electron chi connectivity index (χ0n) is 14.0. The molecule has 1 heterocycles.